The van der Waals surface area contributed by atoms with E-state index in [0.29, 0.717) is 17.5 Å². The van der Waals surface area contributed by atoms with Gasteiger partial charge in [-0.15, -0.1) is 10.2 Å². The molecule has 4 rings (SSSR count). The fourth-order valence-electron chi connectivity index (χ4n) is 2.96. The number of nitrogens with zero attached hydrogens (tertiary/aromatic N) is 2. The third-order valence-electron chi connectivity index (χ3n) is 4.47. The summed E-state index contributed by atoms with van der Waals surface area (Å²) in [5, 5.41) is 10.0. The highest BCUT2D eigenvalue weighted by molar-refractivity contribution is 7.98. The SMILES string of the molecule is Cc1ccccc1CSc1nnc(C(N)Cc2c[nH]c3ccccc23)o1. The molecule has 0 fully saturated rings. The lowest BCUT2D eigenvalue weighted by atomic mass is 10.1. The molecule has 0 bridgehead atoms. The Morgan fingerprint density at radius 2 is 1.88 bits per heavy atom. The van der Waals surface area contributed by atoms with Crippen molar-refractivity contribution >= 4 is 22.7 Å². The van der Waals surface area contributed by atoms with Crippen molar-refractivity contribution in [1.29, 1.82) is 0 Å². The van der Waals surface area contributed by atoms with Crippen molar-refractivity contribution in [2.45, 2.75) is 30.4 Å². The van der Waals surface area contributed by atoms with Crippen molar-refractivity contribution < 1.29 is 4.42 Å². The van der Waals surface area contributed by atoms with Gasteiger partial charge in [0, 0.05) is 22.9 Å². The second-order valence-electron chi connectivity index (χ2n) is 6.29. The monoisotopic (exact) mass is 364 g/mol. The molecule has 1 atom stereocenters. The smallest absolute Gasteiger partial charge is 0.276 e. The highest BCUT2D eigenvalue weighted by Gasteiger charge is 2.17. The van der Waals surface area contributed by atoms with Gasteiger partial charge in [0.05, 0.1) is 6.04 Å². The van der Waals surface area contributed by atoms with Gasteiger partial charge in [-0.2, -0.15) is 0 Å². The van der Waals surface area contributed by atoms with Crippen LogP contribution in [0.1, 0.15) is 28.6 Å². The Balaban J connectivity index is 1.43. The number of aromatic amines is 1. The molecule has 4 aromatic rings. The normalized spacial score (nSPS) is 12.5. The van der Waals surface area contributed by atoms with Gasteiger partial charge in [-0.05, 0) is 36.1 Å². The van der Waals surface area contributed by atoms with Crippen LogP contribution in [0.15, 0.2) is 64.4 Å². The molecule has 3 N–H and O–H groups in total. The van der Waals surface area contributed by atoms with Crippen LogP contribution in [0.2, 0.25) is 0 Å². The van der Waals surface area contributed by atoms with Crippen molar-refractivity contribution in [2.75, 3.05) is 0 Å². The quantitative estimate of drug-likeness (QED) is 0.496. The molecular formula is C20H20N4OS. The number of benzene rings is 2. The highest BCUT2D eigenvalue weighted by Crippen LogP contribution is 2.26. The van der Waals surface area contributed by atoms with E-state index in [4.69, 9.17) is 10.2 Å². The highest BCUT2D eigenvalue weighted by atomic mass is 32.2. The Hall–Kier alpha value is -2.57. The number of nitrogens with one attached hydrogen (secondary N) is 1. The molecule has 0 radical (unpaired) electrons. The number of hydrogen-bond donors (Lipinski definition) is 2. The standard InChI is InChI=1S/C20H20N4OS/c1-13-6-2-3-7-14(13)12-26-20-24-23-19(25-20)17(21)10-15-11-22-18-9-5-4-8-16(15)18/h2-9,11,17,22H,10,12,21H2,1H3. The Bertz CT molecular complexity index is 1020. The molecule has 2 heterocycles. The maximum atomic E-state index is 6.30. The Labute approximate surface area is 156 Å². The second-order valence-corrected chi connectivity index (χ2v) is 7.22. The Kier molecular flexibility index (Phi) is 4.77. The van der Waals surface area contributed by atoms with Gasteiger partial charge in [-0.3, -0.25) is 0 Å². The largest absolute Gasteiger partial charge is 0.414 e. The number of aromatic nitrogens is 3. The first kappa shape index (κ1) is 16.9. The fraction of sp³-hybridized carbons (Fsp3) is 0.200. The molecule has 0 spiro atoms. The Morgan fingerprint density at radius 3 is 2.77 bits per heavy atom. The minimum Gasteiger partial charge on any atom is -0.414 e. The first-order valence-electron chi connectivity index (χ1n) is 8.52. The van der Waals surface area contributed by atoms with E-state index in [-0.39, 0.29) is 6.04 Å². The van der Waals surface area contributed by atoms with Crippen LogP contribution in [0.4, 0.5) is 0 Å². The van der Waals surface area contributed by atoms with Gasteiger partial charge in [-0.1, -0.05) is 54.2 Å². The lowest BCUT2D eigenvalue weighted by Crippen LogP contribution is -2.13. The van der Waals surface area contributed by atoms with Gasteiger partial charge in [0.2, 0.25) is 5.89 Å². The molecule has 2 aromatic carbocycles. The van der Waals surface area contributed by atoms with Crippen LogP contribution >= 0.6 is 11.8 Å². The van der Waals surface area contributed by atoms with Gasteiger partial charge in [0.25, 0.3) is 5.22 Å². The van der Waals surface area contributed by atoms with Crippen LogP contribution in [0.5, 0.6) is 0 Å². The van der Waals surface area contributed by atoms with Crippen molar-refractivity contribution in [2.24, 2.45) is 5.73 Å². The summed E-state index contributed by atoms with van der Waals surface area (Å²) < 4.78 is 5.77. The van der Waals surface area contributed by atoms with Gasteiger partial charge in [0.1, 0.15) is 0 Å². The molecule has 132 valence electrons. The van der Waals surface area contributed by atoms with Crippen molar-refractivity contribution in [1.82, 2.24) is 15.2 Å². The molecule has 0 aliphatic heterocycles. The average molecular weight is 364 g/mol. The van der Waals surface area contributed by atoms with Crippen molar-refractivity contribution in [3.05, 3.63) is 77.3 Å². The summed E-state index contributed by atoms with van der Waals surface area (Å²) in [6, 6.07) is 16.2. The molecule has 0 aliphatic rings. The zero-order valence-electron chi connectivity index (χ0n) is 14.5. The van der Waals surface area contributed by atoms with Gasteiger partial charge in [0.15, 0.2) is 0 Å². The molecule has 0 aliphatic carbocycles. The summed E-state index contributed by atoms with van der Waals surface area (Å²) in [4.78, 5) is 3.27. The molecule has 26 heavy (non-hydrogen) atoms. The second kappa shape index (κ2) is 7.35. The molecule has 2 aromatic heterocycles. The van der Waals surface area contributed by atoms with Crippen LogP contribution in [0, 0.1) is 6.92 Å². The van der Waals surface area contributed by atoms with E-state index in [2.05, 4.69) is 46.4 Å². The summed E-state index contributed by atoms with van der Waals surface area (Å²) in [6.07, 6.45) is 2.64. The predicted molar refractivity (Wildman–Crippen MR) is 104 cm³/mol. The summed E-state index contributed by atoms with van der Waals surface area (Å²) in [6.45, 7) is 2.10. The van der Waals surface area contributed by atoms with E-state index >= 15 is 0 Å². The number of nitrogens with two attached hydrogens (primary N) is 1. The lowest BCUT2D eigenvalue weighted by molar-refractivity contribution is 0.385. The van der Waals surface area contributed by atoms with Crippen molar-refractivity contribution in [3.63, 3.8) is 0 Å². The molecular weight excluding hydrogens is 344 g/mol. The number of fused-ring (bicyclic) bond motifs is 1. The first-order chi connectivity index (χ1) is 12.7. The fourth-order valence-corrected chi connectivity index (χ4v) is 3.81. The minimum atomic E-state index is -0.325. The van der Waals surface area contributed by atoms with Crippen LogP contribution in [0.3, 0.4) is 0 Å². The maximum Gasteiger partial charge on any atom is 0.276 e. The zero-order chi connectivity index (χ0) is 17.9. The molecule has 0 saturated heterocycles. The summed E-state index contributed by atoms with van der Waals surface area (Å²) in [5.74, 6) is 1.27. The first-order valence-corrected chi connectivity index (χ1v) is 9.50. The molecule has 5 nitrogen and oxygen atoms in total. The number of hydrogen-bond acceptors (Lipinski definition) is 5. The number of rotatable bonds is 6. The van der Waals surface area contributed by atoms with Gasteiger partial charge < -0.3 is 15.1 Å². The number of H-pyrrole nitrogens is 1. The van der Waals surface area contributed by atoms with E-state index in [1.165, 1.54) is 28.3 Å². The van der Waals surface area contributed by atoms with E-state index < -0.39 is 0 Å². The zero-order valence-corrected chi connectivity index (χ0v) is 15.3. The molecule has 1 unspecified atom stereocenters. The van der Waals surface area contributed by atoms with E-state index in [9.17, 15) is 0 Å². The van der Waals surface area contributed by atoms with E-state index in [0.717, 1.165) is 16.8 Å². The van der Waals surface area contributed by atoms with Crippen LogP contribution in [0.25, 0.3) is 10.9 Å². The molecule has 6 heteroatoms. The van der Waals surface area contributed by atoms with Gasteiger partial charge in [-0.25, -0.2) is 0 Å². The van der Waals surface area contributed by atoms with Crippen LogP contribution in [-0.2, 0) is 12.2 Å². The van der Waals surface area contributed by atoms with Crippen LogP contribution < -0.4 is 5.73 Å². The Morgan fingerprint density at radius 1 is 1.08 bits per heavy atom. The number of thioether (sulfide) groups is 1. The molecule has 0 saturated carbocycles. The number of aryl methyl sites for hydroxylation is 1. The molecule has 0 amide bonds. The minimum absolute atomic E-state index is 0.325. The third kappa shape index (κ3) is 3.52. The van der Waals surface area contributed by atoms with Crippen LogP contribution in [-0.4, -0.2) is 15.2 Å². The van der Waals surface area contributed by atoms with E-state index in [1.54, 1.807) is 0 Å². The average Bonchev–Trinajstić information content (AvgIpc) is 3.29. The lowest BCUT2D eigenvalue weighted by Gasteiger charge is -2.06. The topological polar surface area (TPSA) is 80.7 Å². The van der Waals surface area contributed by atoms with E-state index in [1.807, 2.05) is 30.5 Å². The number of para-hydroxylation sites is 1. The third-order valence-corrected chi connectivity index (χ3v) is 5.33. The van der Waals surface area contributed by atoms with Crippen molar-refractivity contribution in [3.8, 4) is 0 Å². The predicted octanol–water partition coefficient (Wildman–Crippen LogP) is 4.39. The summed E-state index contributed by atoms with van der Waals surface area (Å²) in [7, 11) is 0. The maximum absolute atomic E-state index is 6.30. The van der Waals surface area contributed by atoms with Gasteiger partial charge >= 0.3 is 0 Å². The summed E-state index contributed by atoms with van der Waals surface area (Å²) in [5.41, 5.74) is 11.1. The summed E-state index contributed by atoms with van der Waals surface area (Å²) >= 11 is 1.53.